The van der Waals surface area contributed by atoms with E-state index in [0.29, 0.717) is 12.1 Å². The van der Waals surface area contributed by atoms with E-state index in [2.05, 4.69) is 20.0 Å². The number of hydrogen-bond acceptors (Lipinski definition) is 5. The Morgan fingerprint density at radius 1 is 1.19 bits per heavy atom. The summed E-state index contributed by atoms with van der Waals surface area (Å²) in [6, 6.07) is 12.4. The number of benzene rings is 2. The van der Waals surface area contributed by atoms with Gasteiger partial charge in [-0.05, 0) is 48.4 Å². The van der Waals surface area contributed by atoms with Gasteiger partial charge in [-0.25, -0.2) is 0 Å². The molecule has 4 aromatic rings. The second-order valence-electron chi connectivity index (χ2n) is 7.22. The summed E-state index contributed by atoms with van der Waals surface area (Å²) in [5, 5.41) is 7.08. The number of amides is 1. The largest absolute Gasteiger partial charge is 0.497 e. The average Bonchev–Trinajstić information content (AvgIpc) is 3.38. The van der Waals surface area contributed by atoms with Crippen LogP contribution in [0.2, 0.25) is 0 Å². The highest BCUT2D eigenvalue weighted by Gasteiger charge is 2.38. The summed E-state index contributed by atoms with van der Waals surface area (Å²) in [6.45, 7) is 2.33. The van der Waals surface area contributed by atoms with Gasteiger partial charge in [-0.3, -0.25) is 4.79 Å². The zero-order valence-electron chi connectivity index (χ0n) is 17.2. The number of nitrogens with zero attached hydrogens (tertiary/aromatic N) is 3. The standard InChI is InChI=1S/C22H19F3N4O3/c1-13-11-29(12-19(30)26-10-14-3-6-16(31-2)7-4-14)18-8-5-15(9-17(13)18)20-27-21(32-28-20)22(23,24)25/h3-9,11H,10,12H2,1-2H3,(H,26,30). The van der Waals surface area contributed by atoms with Crippen molar-refractivity contribution in [1.82, 2.24) is 20.0 Å². The third-order valence-electron chi connectivity index (χ3n) is 4.97. The molecule has 0 aliphatic carbocycles. The molecular formula is C22H19F3N4O3. The Morgan fingerprint density at radius 3 is 2.59 bits per heavy atom. The summed E-state index contributed by atoms with van der Waals surface area (Å²) in [5.74, 6) is -0.974. The molecule has 2 aromatic heterocycles. The number of nitrogens with one attached hydrogen (secondary N) is 1. The minimum atomic E-state index is -4.70. The highest BCUT2D eigenvalue weighted by atomic mass is 19.4. The number of methoxy groups -OCH3 is 1. The highest BCUT2D eigenvalue weighted by molar-refractivity contribution is 5.89. The first-order chi connectivity index (χ1) is 15.2. The van der Waals surface area contributed by atoms with Crippen molar-refractivity contribution < 1.29 is 27.2 Å². The molecule has 2 aromatic carbocycles. The van der Waals surface area contributed by atoms with Crippen molar-refractivity contribution in [3.05, 3.63) is 65.7 Å². The van der Waals surface area contributed by atoms with Gasteiger partial charge in [0, 0.05) is 29.2 Å². The van der Waals surface area contributed by atoms with Crippen LogP contribution >= 0.6 is 0 Å². The predicted molar refractivity (Wildman–Crippen MR) is 110 cm³/mol. The lowest BCUT2D eigenvalue weighted by atomic mass is 10.1. The van der Waals surface area contributed by atoms with E-state index in [9.17, 15) is 18.0 Å². The third-order valence-corrected chi connectivity index (χ3v) is 4.97. The fraction of sp³-hybridized carbons (Fsp3) is 0.227. The van der Waals surface area contributed by atoms with Gasteiger partial charge >= 0.3 is 12.1 Å². The maximum Gasteiger partial charge on any atom is 0.471 e. The van der Waals surface area contributed by atoms with Gasteiger partial charge in [-0.1, -0.05) is 17.3 Å². The molecule has 1 amide bonds. The minimum absolute atomic E-state index is 0.0975. The lowest BCUT2D eigenvalue weighted by molar-refractivity contribution is -0.159. The Morgan fingerprint density at radius 2 is 1.94 bits per heavy atom. The van der Waals surface area contributed by atoms with Crippen molar-refractivity contribution in [3.63, 3.8) is 0 Å². The van der Waals surface area contributed by atoms with Crippen LogP contribution in [0.25, 0.3) is 22.3 Å². The van der Waals surface area contributed by atoms with Crippen LogP contribution in [0.1, 0.15) is 17.0 Å². The molecule has 0 aliphatic rings. The average molecular weight is 444 g/mol. The number of fused-ring (bicyclic) bond motifs is 1. The molecule has 0 fully saturated rings. The summed E-state index contributed by atoms with van der Waals surface area (Å²) in [5.41, 5.74) is 2.96. The van der Waals surface area contributed by atoms with E-state index in [4.69, 9.17) is 4.74 Å². The van der Waals surface area contributed by atoms with Crippen LogP contribution in [0.15, 0.2) is 53.2 Å². The summed E-state index contributed by atoms with van der Waals surface area (Å²) >= 11 is 0. The Bertz CT molecular complexity index is 1260. The summed E-state index contributed by atoms with van der Waals surface area (Å²) < 4.78 is 49.4. The van der Waals surface area contributed by atoms with Crippen LogP contribution in [0.5, 0.6) is 5.75 Å². The molecule has 32 heavy (non-hydrogen) atoms. The maximum absolute atomic E-state index is 12.7. The molecule has 0 radical (unpaired) electrons. The lowest BCUT2D eigenvalue weighted by Crippen LogP contribution is -2.26. The van der Waals surface area contributed by atoms with Gasteiger partial charge in [0.1, 0.15) is 12.3 Å². The number of rotatable bonds is 6. The van der Waals surface area contributed by atoms with E-state index in [0.717, 1.165) is 27.8 Å². The molecule has 4 rings (SSSR count). The van der Waals surface area contributed by atoms with Crippen molar-refractivity contribution >= 4 is 16.8 Å². The number of aryl methyl sites for hydroxylation is 1. The Labute approximate surface area is 180 Å². The topological polar surface area (TPSA) is 82.2 Å². The highest BCUT2D eigenvalue weighted by Crippen LogP contribution is 2.31. The zero-order chi connectivity index (χ0) is 22.9. The summed E-state index contributed by atoms with van der Waals surface area (Å²) in [7, 11) is 1.59. The van der Waals surface area contributed by atoms with Crippen molar-refractivity contribution in [1.29, 1.82) is 0 Å². The fourth-order valence-corrected chi connectivity index (χ4v) is 3.36. The number of carbonyl (C=O) groups excluding carboxylic acids is 1. The van der Waals surface area contributed by atoms with E-state index in [1.54, 1.807) is 29.9 Å². The van der Waals surface area contributed by atoms with Crippen LogP contribution in [-0.4, -0.2) is 27.7 Å². The van der Waals surface area contributed by atoms with E-state index in [1.165, 1.54) is 0 Å². The molecule has 7 nitrogen and oxygen atoms in total. The van der Waals surface area contributed by atoms with Crippen molar-refractivity contribution in [2.45, 2.75) is 26.2 Å². The number of hydrogen-bond donors (Lipinski definition) is 1. The Kier molecular flexibility index (Phi) is 5.60. The number of carbonyl (C=O) groups is 1. The number of alkyl halides is 3. The van der Waals surface area contributed by atoms with Gasteiger partial charge in [-0.15, -0.1) is 0 Å². The van der Waals surface area contributed by atoms with Gasteiger partial charge in [0.25, 0.3) is 0 Å². The molecule has 0 atom stereocenters. The SMILES string of the molecule is COc1ccc(CNC(=O)Cn2cc(C)c3cc(-c4noc(C(F)(F)F)n4)ccc32)cc1. The van der Waals surface area contributed by atoms with E-state index in [1.807, 2.05) is 37.4 Å². The first kappa shape index (κ1) is 21.4. The first-order valence-electron chi connectivity index (χ1n) is 9.65. The molecule has 0 spiro atoms. The van der Waals surface area contributed by atoms with E-state index in [-0.39, 0.29) is 18.3 Å². The third kappa shape index (κ3) is 4.43. The van der Waals surface area contributed by atoms with Crippen LogP contribution in [0, 0.1) is 6.92 Å². The number of aromatic nitrogens is 3. The van der Waals surface area contributed by atoms with E-state index < -0.39 is 12.1 Å². The molecule has 0 unspecified atom stereocenters. The molecule has 0 bridgehead atoms. The predicted octanol–water partition coefficient (Wildman–Crippen LogP) is 4.34. The summed E-state index contributed by atoms with van der Waals surface area (Å²) in [4.78, 5) is 15.9. The minimum Gasteiger partial charge on any atom is -0.497 e. The van der Waals surface area contributed by atoms with Crippen LogP contribution in [-0.2, 0) is 24.1 Å². The molecular weight excluding hydrogens is 425 g/mol. The molecule has 0 aliphatic heterocycles. The smallest absolute Gasteiger partial charge is 0.471 e. The van der Waals surface area contributed by atoms with Crippen molar-refractivity contribution in [2.24, 2.45) is 0 Å². The fourth-order valence-electron chi connectivity index (χ4n) is 3.36. The van der Waals surface area contributed by atoms with Crippen molar-refractivity contribution in [3.8, 4) is 17.1 Å². The first-order valence-corrected chi connectivity index (χ1v) is 9.65. The van der Waals surface area contributed by atoms with Crippen molar-refractivity contribution in [2.75, 3.05) is 7.11 Å². The molecule has 10 heteroatoms. The quantitative estimate of drug-likeness (QED) is 0.478. The molecule has 166 valence electrons. The normalized spacial score (nSPS) is 11.7. The Hall–Kier alpha value is -3.82. The number of halogens is 3. The van der Waals surface area contributed by atoms with Gasteiger partial charge in [0.05, 0.1) is 7.11 Å². The second kappa shape index (κ2) is 8.37. The van der Waals surface area contributed by atoms with Gasteiger partial charge < -0.3 is 19.1 Å². The summed E-state index contributed by atoms with van der Waals surface area (Å²) in [6.07, 6.45) is -2.88. The van der Waals surface area contributed by atoms with Crippen LogP contribution in [0.4, 0.5) is 13.2 Å². The lowest BCUT2D eigenvalue weighted by Gasteiger charge is -2.08. The number of ether oxygens (including phenoxy) is 1. The molecule has 2 heterocycles. The van der Waals surface area contributed by atoms with Gasteiger partial charge in [-0.2, -0.15) is 18.2 Å². The zero-order valence-corrected chi connectivity index (χ0v) is 17.2. The maximum atomic E-state index is 12.7. The van der Waals surface area contributed by atoms with Gasteiger partial charge in [0.15, 0.2) is 0 Å². The van der Waals surface area contributed by atoms with Gasteiger partial charge in [0.2, 0.25) is 11.7 Å². The molecule has 0 saturated carbocycles. The Balaban J connectivity index is 1.49. The monoisotopic (exact) mass is 444 g/mol. The second-order valence-corrected chi connectivity index (χ2v) is 7.22. The van der Waals surface area contributed by atoms with Crippen LogP contribution < -0.4 is 10.1 Å². The van der Waals surface area contributed by atoms with E-state index >= 15 is 0 Å². The molecule has 0 saturated heterocycles. The van der Waals surface area contributed by atoms with Crippen LogP contribution in [0.3, 0.4) is 0 Å². The molecule has 1 N–H and O–H groups in total.